The Morgan fingerprint density at radius 2 is 1.85 bits per heavy atom. The maximum absolute atomic E-state index is 13.8. The molecular formula is C17H17F3N4O3. The average Bonchev–Trinajstić information content (AvgIpc) is 3.04. The zero-order chi connectivity index (χ0) is 19.6. The number of hydrogen-bond donors (Lipinski definition) is 1. The molecule has 1 fully saturated rings. The Balaban J connectivity index is 1.53. The van der Waals surface area contributed by atoms with Crippen LogP contribution < -0.4 is 5.32 Å². The van der Waals surface area contributed by atoms with E-state index >= 15 is 0 Å². The Morgan fingerprint density at radius 1 is 1.15 bits per heavy atom. The maximum atomic E-state index is 13.8. The van der Waals surface area contributed by atoms with Gasteiger partial charge < -0.3 is 14.7 Å². The van der Waals surface area contributed by atoms with Gasteiger partial charge in [-0.15, -0.1) is 0 Å². The summed E-state index contributed by atoms with van der Waals surface area (Å²) in [6.45, 7) is 3.01. The minimum absolute atomic E-state index is 0.0907. The van der Waals surface area contributed by atoms with Crippen LogP contribution in [0.1, 0.15) is 16.1 Å². The van der Waals surface area contributed by atoms with E-state index in [0.717, 1.165) is 12.1 Å². The van der Waals surface area contributed by atoms with Gasteiger partial charge in [-0.05, 0) is 19.1 Å². The molecule has 144 valence electrons. The zero-order valence-electron chi connectivity index (χ0n) is 14.5. The minimum Gasteiger partial charge on any atom is -0.360 e. The van der Waals surface area contributed by atoms with E-state index in [4.69, 9.17) is 4.52 Å². The largest absolute Gasteiger partial charge is 0.360 e. The van der Waals surface area contributed by atoms with Crippen LogP contribution in [-0.4, -0.2) is 59.5 Å². The molecule has 1 N–H and O–H groups in total. The molecule has 1 aromatic carbocycles. The lowest BCUT2D eigenvalue weighted by molar-refractivity contribution is -0.117. The zero-order valence-corrected chi connectivity index (χ0v) is 14.5. The Labute approximate surface area is 152 Å². The molecule has 2 aromatic rings. The number of aromatic nitrogens is 1. The van der Waals surface area contributed by atoms with Gasteiger partial charge in [-0.25, -0.2) is 13.2 Å². The molecule has 2 amide bonds. The van der Waals surface area contributed by atoms with Gasteiger partial charge in [-0.3, -0.25) is 14.5 Å². The molecule has 7 nitrogen and oxygen atoms in total. The molecule has 0 bridgehead atoms. The summed E-state index contributed by atoms with van der Waals surface area (Å²) in [5, 5.41) is 6.26. The fourth-order valence-corrected chi connectivity index (χ4v) is 2.78. The van der Waals surface area contributed by atoms with Gasteiger partial charge in [-0.1, -0.05) is 5.16 Å². The fourth-order valence-electron chi connectivity index (χ4n) is 2.78. The minimum atomic E-state index is -1.67. The standard InChI is InChI=1S/C17H17F3N4O3/c1-10-8-13(22-27-10)21-14(25)9-23-4-6-24(7-5-23)17(26)11-2-3-12(18)16(20)15(11)19/h2-3,8H,4-7,9H2,1H3,(H,21,22,25). The normalized spacial score (nSPS) is 15.0. The molecule has 0 saturated carbocycles. The second-order valence-electron chi connectivity index (χ2n) is 6.16. The van der Waals surface area contributed by atoms with E-state index in [1.54, 1.807) is 13.0 Å². The van der Waals surface area contributed by atoms with Crippen LogP contribution in [0.15, 0.2) is 22.7 Å². The van der Waals surface area contributed by atoms with Crippen molar-refractivity contribution in [1.29, 1.82) is 0 Å². The summed E-state index contributed by atoms with van der Waals surface area (Å²) in [6, 6.07) is 3.23. The molecule has 1 aliphatic rings. The number of carbonyl (C=O) groups is 2. The first-order valence-electron chi connectivity index (χ1n) is 8.23. The number of piperazine rings is 1. The first kappa shape index (κ1) is 18.9. The SMILES string of the molecule is Cc1cc(NC(=O)CN2CCN(C(=O)c3ccc(F)c(F)c3F)CC2)no1. The second-order valence-corrected chi connectivity index (χ2v) is 6.16. The molecule has 1 aliphatic heterocycles. The van der Waals surface area contributed by atoms with Crippen molar-refractivity contribution in [3.63, 3.8) is 0 Å². The summed E-state index contributed by atoms with van der Waals surface area (Å²) in [5.74, 6) is -4.61. The first-order chi connectivity index (χ1) is 12.8. The molecular weight excluding hydrogens is 365 g/mol. The van der Waals surface area contributed by atoms with Crippen molar-refractivity contribution in [2.75, 3.05) is 38.0 Å². The van der Waals surface area contributed by atoms with Gasteiger partial charge in [0, 0.05) is 32.2 Å². The summed E-state index contributed by atoms with van der Waals surface area (Å²) >= 11 is 0. The lowest BCUT2D eigenvalue weighted by atomic mass is 10.1. The fraction of sp³-hybridized carbons (Fsp3) is 0.353. The Bertz CT molecular complexity index is 863. The quantitative estimate of drug-likeness (QED) is 0.816. The number of rotatable bonds is 4. The molecule has 0 spiro atoms. The predicted octanol–water partition coefficient (Wildman–Crippen LogP) is 1.80. The number of benzene rings is 1. The molecule has 1 aromatic heterocycles. The number of aryl methyl sites for hydroxylation is 1. The van der Waals surface area contributed by atoms with Gasteiger partial charge in [0.2, 0.25) is 5.91 Å². The third-order valence-electron chi connectivity index (χ3n) is 4.19. The lowest BCUT2D eigenvalue weighted by Gasteiger charge is -2.34. The van der Waals surface area contributed by atoms with Crippen LogP contribution in [0.3, 0.4) is 0 Å². The number of hydrogen-bond acceptors (Lipinski definition) is 5. The lowest BCUT2D eigenvalue weighted by Crippen LogP contribution is -2.50. The van der Waals surface area contributed by atoms with Crippen LogP contribution in [0, 0.1) is 24.4 Å². The molecule has 27 heavy (non-hydrogen) atoms. The molecule has 0 radical (unpaired) electrons. The summed E-state index contributed by atoms with van der Waals surface area (Å²) in [6.07, 6.45) is 0. The highest BCUT2D eigenvalue weighted by molar-refractivity contribution is 5.94. The van der Waals surface area contributed by atoms with Crippen molar-refractivity contribution < 1.29 is 27.3 Å². The number of halogens is 3. The van der Waals surface area contributed by atoms with Crippen molar-refractivity contribution >= 4 is 17.6 Å². The number of amides is 2. The highest BCUT2D eigenvalue weighted by Crippen LogP contribution is 2.18. The third-order valence-corrected chi connectivity index (χ3v) is 4.19. The van der Waals surface area contributed by atoms with E-state index in [-0.39, 0.29) is 25.5 Å². The monoisotopic (exact) mass is 382 g/mol. The predicted molar refractivity (Wildman–Crippen MR) is 88.5 cm³/mol. The Hall–Kier alpha value is -2.88. The average molecular weight is 382 g/mol. The van der Waals surface area contributed by atoms with Crippen molar-refractivity contribution in [3.8, 4) is 0 Å². The maximum Gasteiger partial charge on any atom is 0.257 e. The van der Waals surface area contributed by atoms with Crippen molar-refractivity contribution in [2.24, 2.45) is 0 Å². The van der Waals surface area contributed by atoms with Crippen molar-refractivity contribution in [2.45, 2.75) is 6.92 Å². The number of nitrogens with one attached hydrogen (secondary N) is 1. The highest BCUT2D eigenvalue weighted by atomic mass is 19.2. The summed E-state index contributed by atoms with van der Waals surface area (Å²) in [4.78, 5) is 27.5. The van der Waals surface area contributed by atoms with Gasteiger partial charge in [0.25, 0.3) is 5.91 Å². The third kappa shape index (κ3) is 4.27. The molecule has 0 aliphatic carbocycles. The van der Waals surface area contributed by atoms with Gasteiger partial charge in [0.05, 0.1) is 12.1 Å². The molecule has 1 saturated heterocycles. The first-order valence-corrected chi connectivity index (χ1v) is 8.23. The smallest absolute Gasteiger partial charge is 0.257 e. The molecule has 10 heteroatoms. The second kappa shape index (κ2) is 7.78. The van der Waals surface area contributed by atoms with Crippen LogP contribution in [0.2, 0.25) is 0 Å². The van der Waals surface area contributed by atoms with Crippen LogP contribution in [0.5, 0.6) is 0 Å². The topological polar surface area (TPSA) is 78.7 Å². The number of anilines is 1. The van der Waals surface area contributed by atoms with E-state index < -0.39 is 28.9 Å². The van der Waals surface area contributed by atoms with Gasteiger partial charge in [-0.2, -0.15) is 0 Å². The Morgan fingerprint density at radius 3 is 2.48 bits per heavy atom. The van der Waals surface area contributed by atoms with E-state index in [2.05, 4.69) is 10.5 Å². The van der Waals surface area contributed by atoms with E-state index in [1.807, 2.05) is 4.90 Å². The Kier molecular flexibility index (Phi) is 5.45. The summed E-state index contributed by atoms with van der Waals surface area (Å²) < 4.78 is 45.0. The highest BCUT2D eigenvalue weighted by Gasteiger charge is 2.27. The van der Waals surface area contributed by atoms with Gasteiger partial charge in [0.1, 0.15) is 5.76 Å². The van der Waals surface area contributed by atoms with E-state index in [9.17, 15) is 22.8 Å². The summed E-state index contributed by atoms with van der Waals surface area (Å²) in [7, 11) is 0. The van der Waals surface area contributed by atoms with Crippen LogP contribution in [0.4, 0.5) is 19.0 Å². The van der Waals surface area contributed by atoms with Crippen LogP contribution in [-0.2, 0) is 4.79 Å². The summed E-state index contributed by atoms with van der Waals surface area (Å²) in [5.41, 5.74) is -0.513. The molecule has 3 rings (SSSR count). The van der Waals surface area contributed by atoms with Crippen LogP contribution in [0.25, 0.3) is 0 Å². The van der Waals surface area contributed by atoms with Gasteiger partial charge >= 0.3 is 0 Å². The molecule has 0 atom stereocenters. The van der Waals surface area contributed by atoms with E-state index in [1.165, 1.54) is 4.90 Å². The number of carbonyl (C=O) groups excluding carboxylic acids is 2. The molecule has 0 unspecified atom stereocenters. The van der Waals surface area contributed by atoms with E-state index in [0.29, 0.717) is 24.7 Å². The molecule has 2 heterocycles. The van der Waals surface area contributed by atoms with Crippen molar-refractivity contribution in [1.82, 2.24) is 15.0 Å². The number of nitrogens with zero attached hydrogens (tertiary/aromatic N) is 3. The van der Waals surface area contributed by atoms with Gasteiger partial charge in [0.15, 0.2) is 23.3 Å². The van der Waals surface area contributed by atoms with Crippen LogP contribution >= 0.6 is 0 Å². The van der Waals surface area contributed by atoms with Crippen molar-refractivity contribution in [3.05, 3.63) is 47.0 Å².